The van der Waals surface area contributed by atoms with Gasteiger partial charge in [0, 0.05) is 11.2 Å². The maximum absolute atomic E-state index is 11.9. The van der Waals surface area contributed by atoms with E-state index in [9.17, 15) is 14.7 Å². The first-order chi connectivity index (χ1) is 11.5. The van der Waals surface area contributed by atoms with Gasteiger partial charge in [-0.05, 0) is 24.3 Å². The molecule has 24 heavy (non-hydrogen) atoms. The molecule has 0 amide bonds. The molecule has 1 N–H and O–H groups in total. The van der Waals surface area contributed by atoms with Crippen molar-refractivity contribution in [3.05, 3.63) is 52.1 Å². The number of carbonyl (C=O) groups is 2. The van der Waals surface area contributed by atoms with Gasteiger partial charge in [0.25, 0.3) is 0 Å². The summed E-state index contributed by atoms with van der Waals surface area (Å²) in [7, 11) is 1.20. The summed E-state index contributed by atoms with van der Waals surface area (Å²) >= 11 is 6.83. The number of hydrogen-bond acceptors (Lipinski definition) is 6. The molecular formula is C16H10ClNO5S. The summed E-state index contributed by atoms with van der Waals surface area (Å²) in [5.74, 6) is -1.26. The zero-order valence-electron chi connectivity index (χ0n) is 12.3. The SMILES string of the molecule is COC(=O)c1sc2cncc(Oc3ccc(Cl)cc3)c2c1C(=O)O. The Morgan fingerprint density at radius 2 is 1.92 bits per heavy atom. The number of carboxylic acids is 1. The smallest absolute Gasteiger partial charge is 0.348 e. The van der Waals surface area contributed by atoms with Gasteiger partial charge in [-0.1, -0.05) is 11.6 Å². The number of fused-ring (bicyclic) bond motifs is 1. The molecule has 0 radical (unpaired) electrons. The Bertz CT molecular complexity index is 936. The van der Waals surface area contributed by atoms with E-state index in [2.05, 4.69) is 9.72 Å². The predicted molar refractivity (Wildman–Crippen MR) is 89.4 cm³/mol. The van der Waals surface area contributed by atoms with E-state index in [-0.39, 0.29) is 16.2 Å². The monoisotopic (exact) mass is 363 g/mol. The topological polar surface area (TPSA) is 85.7 Å². The highest BCUT2D eigenvalue weighted by Crippen LogP contribution is 2.39. The Kier molecular flexibility index (Phi) is 4.37. The van der Waals surface area contributed by atoms with Crippen molar-refractivity contribution in [3.63, 3.8) is 0 Å². The molecule has 0 saturated carbocycles. The third-order valence-electron chi connectivity index (χ3n) is 3.19. The third kappa shape index (κ3) is 2.91. The van der Waals surface area contributed by atoms with Crippen molar-refractivity contribution < 1.29 is 24.2 Å². The molecule has 0 bridgehead atoms. The van der Waals surface area contributed by atoms with Gasteiger partial charge in [0.15, 0.2) is 5.75 Å². The zero-order chi connectivity index (χ0) is 17.3. The summed E-state index contributed by atoms with van der Waals surface area (Å²) in [5.41, 5.74) is -0.159. The minimum Gasteiger partial charge on any atom is -0.478 e. The number of carbonyl (C=O) groups excluding carboxylic acids is 1. The second-order valence-corrected chi connectivity index (χ2v) is 6.16. The second kappa shape index (κ2) is 6.46. The highest BCUT2D eigenvalue weighted by Gasteiger charge is 2.26. The number of benzene rings is 1. The molecule has 2 heterocycles. The number of pyridine rings is 1. The Morgan fingerprint density at radius 1 is 1.21 bits per heavy atom. The first kappa shape index (κ1) is 16.2. The summed E-state index contributed by atoms with van der Waals surface area (Å²) in [6.07, 6.45) is 2.88. The van der Waals surface area contributed by atoms with Gasteiger partial charge in [-0.15, -0.1) is 11.3 Å². The van der Waals surface area contributed by atoms with Crippen LogP contribution in [-0.2, 0) is 4.74 Å². The van der Waals surface area contributed by atoms with E-state index in [0.717, 1.165) is 11.3 Å². The van der Waals surface area contributed by atoms with Gasteiger partial charge in [0.2, 0.25) is 0 Å². The van der Waals surface area contributed by atoms with Crippen LogP contribution in [0, 0.1) is 0 Å². The van der Waals surface area contributed by atoms with Crippen molar-refractivity contribution in [2.75, 3.05) is 7.11 Å². The maximum Gasteiger partial charge on any atom is 0.348 e. The summed E-state index contributed by atoms with van der Waals surface area (Å²) in [4.78, 5) is 27.6. The molecule has 6 nitrogen and oxygen atoms in total. The quantitative estimate of drug-likeness (QED) is 0.698. The normalized spacial score (nSPS) is 10.6. The van der Waals surface area contributed by atoms with Crippen LogP contribution < -0.4 is 4.74 Å². The molecular weight excluding hydrogens is 354 g/mol. The molecule has 0 spiro atoms. The Labute approximate surface area is 145 Å². The number of hydrogen-bond donors (Lipinski definition) is 1. The minimum absolute atomic E-state index is 0.00560. The van der Waals surface area contributed by atoms with Crippen molar-refractivity contribution in [3.8, 4) is 11.5 Å². The number of carboxylic acid groups (broad SMARTS) is 1. The van der Waals surface area contributed by atoms with Gasteiger partial charge in [0.05, 0.1) is 29.0 Å². The number of aromatic nitrogens is 1. The number of esters is 1. The number of methoxy groups -OCH3 is 1. The number of rotatable bonds is 4. The molecule has 0 atom stereocenters. The molecule has 0 aliphatic carbocycles. The van der Waals surface area contributed by atoms with Crippen LogP contribution in [0.3, 0.4) is 0 Å². The van der Waals surface area contributed by atoms with Gasteiger partial charge in [-0.2, -0.15) is 0 Å². The predicted octanol–water partition coefficient (Wildman–Crippen LogP) is 4.23. The highest BCUT2D eigenvalue weighted by molar-refractivity contribution is 7.21. The molecule has 3 aromatic rings. The molecule has 0 unspecified atom stereocenters. The molecule has 3 rings (SSSR count). The van der Waals surface area contributed by atoms with E-state index < -0.39 is 11.9 Å². The van der Waals surface area contributed by atoms with E-state index in [1.54, 1.807) is 24.3 Å². The molecule has 2 aromatic heterocycles. The fraction of sp³-hybridized carbons (Fsp3) is 0.0625. The molecule has 0 saturated heterocycles. The van der Waals surface area contributed by atoms with Crippen LogP contribution in [0.5, 0.6) is 11.5 Å². The van der Waals surface area contributed by atoms with Gasteiger partial charge in [-0.25, -0.2) is 9.59 Å². The fourth-order valence-electron chi connectivity index (χ4n) is 2.17. The minimum atomic E-state index is -1.24. The van der Waals surface area contributed by atoms with Crippen LogP contribution in [0.25, 0.3) is 10.1 Å². The largest absolute Gasteiger partial charge is 0.478 e. The Hall–Kier alpha value is -2.64. The average Bonchev–Trinajstić information content (AvgIpc) is 2.97. The van der Waals surface area contributed by atoms with E-state index in [1.807, 2.05) is 0 Å². The molecule has 1 aromatic carbocycles. The van der Waals surface area contributed by atoms with Crippen molar-refractivity contribution in [2.24, 2.45) is 0 Å². The molecule has 122 valence electrons. The van der Waals surface area contributed by atoms with E-state index in [1.165, 1.54) is 19.5 Å². The number of thiophene rings is 1. The van der Waals surface area contributed by atoms with Crippen LogP contribution in [0.2, 0.25) is 5.02 Å². The van der Waals surface area contributed by atoms with Crippen molar-refractivity contribution >= 4 is 45.0 Å². The summed E-state index contributed by atoms with van der Waals surface area (Å²) < 4.78 is 10.9. The molecule has 0 fully saturated rings. The van der Waals surface area contributed by atoms with Crippen LogP contribution in [-0.4, -0.2) is 29.1 Å². The van der Waals surface area contributed by atoms with Crippen LogP contribution in [0.4, 0.5) is 0 Å². The summed E-state index contributed by atoms with van der Waals surface area (Å²) in [6.45, 7) is 0. The molecule has 0 aliphatic rings. The summed E-state index contributed by atoms with van der Waals surface area (Å²) in [5, 5.41) is 10.4. The van der Waals surface area contributed by atoms with Crippen molar-refractivity contribution in [1.82, 2.24) is 4.98 Å². The van der Waals surface area contributed by atoms with Crippen molar-refractivity contribution in [1.29, 1.82) is 0 Å². The van der Waals surface area contributed by atoms with Crippen LogP contribution in [0.15, 0.2) is 36.7 Å². The third-order valence-corrected chi connectivity index (χ3v) is 4.55. The van der Waals surface area contributed by atoms with Crippen LogP contribution >= 0.6 is 22.9 Å². The lowest BCUT2D eigenvalue weighted by Gasteiger charge is -2.07. The zero-order valence-corrected chi connectivity index (χ0v) is 13.9. The standard InChI is InChI=1S/C16H10ClNO5S/c1-22-16(21)14-13(15(19)20)12-10(6-18-7-11(12)24-14)23-9-4-2-8(17)3-5-9/h2-7H,1H3,(H,19,20). The number of nitrogens with zero attached hydrogens (tertiary/aromatic N) is 1. The number of aromatic carboxylic acids is 1. The van der Waals surface area contributed by atoms with E-state index in [0.29, 0.717) is 20.9 Å². The van der Waals surface area contributed by atoms with Gasteiger partial charge in [0.1, 0.15) is 10.6 Å². The molecule has 8 heteroatoms. The van der Waals surface area contributed by atoms with Crippen LogP contribution in [0.1, 0.15) is 20.0 Å². The van der Waals surface area contributed by atoms with Crippen molar-refractivity contribution in [2.45, 2.75) is 0 Å². The van der Waals surface area contributed by atoms with Gasteiger partial charge >= 0.3 is 11.9 Å². The lowest BCUT2D eigenvalue weighted by Crippen LogP contribution is -2.06. The number of ether oxygens (including phenoxy) is 2. The maximum atomic E-state index is 11.9. The lowest BCUT2D eigenvalue weighted by atomic mass is 10.1. The number of halogens is 1. The van der Waals surface area contributed by atoms with E-state index >= 15 is 0 Å². The Morgan fingerprint density at radius 3 is 2.54 bits per heavy atom. The first-order valence-electron chi connectivity index (χ1n) is 6.66. The first-order valence-corrected chi connectivity index (χ1v) is 7.86. The lowest BCUT2D eigenvalue weighted by molar-refractivity contribution is 0.0589. The average molecular weight is 364 g/mol. The van der Waals surface area contributed by atoms with Gasteiger partial charge in [-0.3, -0.25) is 4.98 Å². The second-order valence-electron chi connectivity index (χ2n) is 4.67. The fourth-order valence-corrected chi connectivity index (χ4v) is 3.39. The summed E-state index contributed by atoms with van der Waals surface area (Å²) in [6, 6.07) is 6.59. The Balaban J connectivity index is 2.18. The highest BCUT2D eigenvalue weighted by atomic mass is 35.5. The molecule has 0 aliphatic heterocycles. The van der Waals surface area contributed by atoms with E-state index in [4.69, 9.17) is 16.3 Å². The van der Waals surface area contributed by atoms with Gasteiger partial charge < -0.3 is 14.6 Å².